The molecule has 0 radical (unpaired) electrons. The molecule has 0 fully saturated rings. The van der Waals surface area contributed by atoms with Gasteiger partial charge in [-0.05, 0) is 115 Å². The average molecular weight is 1330 g/mol. The van der Waals surface area contributed by atoms with Crippen LogP contribution in [0.4, 0.5) is 26.3 Å². The third-order valence-corrected chi connectivity index (χ3v) is 20.7. The Hall–Kier alpha value is -13.6. The van der Waals surface area contributed by atoms with Crippen molar-refractivity contribution in [2.75, 3.05) is 0 Å². The van der Waals surface area contributed by atoms with Gasteiger partial charge in [-0.2, -0.15) is 36.9 Å². The minimum atomic E-state index is -5.28. The number of alkyl halides is 6. The van der Waals surface area contributed by atoms with E-state index in [0.29, 0.717) is 105 Å². The molecule has 20 aromatic rings. The number of hydrogen-bond donors (Lipinski definition) is 0. The number of fused-ring (bicyclic) bond motifs is 20. The van der Waals surface area contributed by atoms with Gasteiger partial charge in [0, 0.05) is 81.6 Å². The molecule has 0 spiro atoms. The van der Waals surface area contributed by atoms with Gasteiger partial charge in [-0.25, -0.2) is 0 Å². The normalized spacial score (nSPS) is 12.4. The predicted octanol–water partition coefficient (Wildman–Crippen LogP) is 23.7. The average Bonchev–Trinajstić information content (AvgIpc) is 1.53. The molecule has 482 valence electrons. The van der Waals surface area contributed by atoms with Crippen LogP contribution >= 0.6 is 0 Å². The van der Waals surface area contributed by atoms with E-state index in [4.69, 9.17) is 0 Å². The van der Waals surface area contributed by atoms with Crippen molar-refractivity contribution in [2.24, 2.45) is 0 Å². The van der Waals surface area contributed by atoms with E-state index in [0.717, 1.165) is 71.6 Å². The van der Waals surface area contributed by atoms with Crippen LogP contribution in [0.3, 0.4) is 0 Å². The first-order valence-electron chi connectivity index (χ1n) is 33.3. The fourth-order valence-electron chi connectivity index (χ4n) is 16.7. The summed E-state index contributed by atoms with van der Waals surface area (Å²) in [4.78, 5) is 0. The van der Waals surface area contributed by atoms with Crippen LogP contribution in [0.1, 0.15) is 22.3 Å². The summed E-state index contributed by atoms with van der Waals surface area (Å²) in [7, 11) is 0. The number of aromatic nitrogens is 6. The van der Waals surface area contributed by atoms with Gasteiger partial charge in [0.2, 0.25) is 0 Å². The monoisotopic (exact) mass is 1330 g/mol. The summed E-state index contributed by atoms with van der Waals surface area (Å²) in [5, 5.41) is 30.3. The van der Waals surface area contributed by atoms with Crippen molar-refractivity contribution in [3.05, 3.63) is 313 Å². The molecule has 0 atom stereocenters. The van der Waals surface area contributed by atoms with Gasteiger partial charge in [0.05, 0.1) is 106 Å². The SMILES string of the molecule is N#Cc1cc(C#N)c(-n2c3ccccc3c3cc(-c4cccc5c6c(ccc7c8ccccc8n(-c8cc(C(F)(F)F)cc(-n9c%10ccccc%10c%10ccc%11c(c%12ccccc%12n%11-c%11ccccc%11)c%109)c8C(F)(F)F)c76)n(-c6ccccc6)c45)ccc32)cc1-n1c2ccccc2c2ccccc21. The maximum atomic E-state index is 17.6. The van der Waals surface area contributed by atoms with Gasteiger partial charge in [-0.15, -0.1) is 0 Å². The summed E-state index contributed by atoms with van der Waals surface area (Å²) >= 11 is 0. The number of para-hydroxylation sites is 9. The van der Waals surface area contributed by atoms with Crippen LogP contribution in [-0.2, 0) is 12.4 Å². The second kappa shape index (κ2) is 21.5. The van der Waals surface area contributed by atoms with Gasteiger partial charge < -0.3 is 27.4 Å². The Balaban J connectivity index is 0.868. The lowest BCUT2D eigenvalue weighted by Crippen LogP contribution is -2.18. The lowest BCUT2D eigenvalue weighted by atomic mass is 9.99. The highest BCUT2D eigenvalue weighted by atomic mass is 19.4. The Labute approximate surface area is 575 Å². The zero-order valence-corrected chi connectivity index (χ0v) is 53.6. The molecule has 0 amide bonds. The molecule has 0 N–H and O–H groups in total. The van der Waals surface area contributed by atoms with Gasteiger partial charge in [0.1, 0.15) is 17.7 Å². The lowest BCUT2D eigenvalue weighted by molar-refractivity contribution is -0.141. The molecule has 8 nitrogen and oxygen atoms in total. The Morgan fingerprint density at radius 3 is 1.12 bits per heavy atom. The largest absolute Gasteiger partial charge is 0.420 e. The smallest absolute Gasteiger partial charge is 0.309 e. The van der Waals surface area contributed by atoms with E-state index in [1.807, 2.05) is 217 Å². The third kappa shape index (κ3) is 8.20. The molecule has 14 aromatic carbocycles. The van der Waals surface area contributed by atoms with Gasteiger partial charge in [0.15, 0.2) is 0 Å². The molecule has 0 bridgehead atoms. The van der Waals surface area contributed by atoms with E-state index in [-0.39, 0.29) is 11.0 Å². The van der Waals surface area contributed by atoms with Crippen LogP contribution in [0.15, 0.2) is 291 Å². The van der Waals surface area contributed by atoms with E-state index in [1.165, 1.54) is 9.13 Å². The van der Waals surface area contributed by atoms with Crippen molar-refractivity contribution in [3.8, 4) is 57.4 Å². The van der Waals surface area contributed by atoms with E-state index in [2.05, 4.69) is 44.0 Å². The number of nitrogens with zero attached hydrogens (tertiary/aromatic N) is 8. The molecule has 0 saturated heterocycles. The molecule has 0 saturated carbocycles. The molecular formula is C88H48F6N8. The summed E-state index contributed by atoms with van der Waals surface area (Å²) in [5.41, 5.74) is 8.28. The van der Waals surface area contributed by atoms with E-state index >= 15 is 26.3 Å². The van der Waals surface area contributed by atoms with Gasteiger partial charge >= 0.3 is 12.4 Å². The van der Waals surface area contributed by atoms with Gasteiger partial charge in [0.25, 0.3) is 0 Å². The van der Waals surface area contributed by atoms with Crippen molar-refractivity contribution in [3.63, 3.8) is 0 Å². The number of halogens is 6. The van der Waals surface area contributed by atoms with Crippen LogP contribution in [0.2, 0.25) is 0 Å². The Morgan fingerprint density at radius 1 is 0.255 bits per heavy atom. The molecule has 0 aliphatic rings. The first kappa shape index (κ1) is 58.6. The molecule has 0 aliphatic heterocycles. The van der Waals surface area contributed by atoms with E-state index in [1.54, 1.807) is 48.5 Å². The molecule has 0 aliphatic carbocycles. The summed E-state index contributed by atoms with van der Waals surface area (Å²) in [5.74, 6) is 0. The third-order valence-electron chi connectivity index (χ3n) is 20.7. The van der Waals surface area contributed by atoms with E-state index in [9.17, 15) is 10.5 Å². The van der Waals surface area contributed by atoms with Crippen molar-refractivity contribution in [1.82, 2.24) is 27.4 Å². The Morgan fingerprint density at radius 2 is 0.637 bits per heavy atom. The Kier molecular flexibility index (Phi) is 12.3. The standard InChI is InChI=1S/C88H48F6N8/c89-87(90,91)54-46-79(101-71-35-16-9-26-60(71)63-39-42-75-81(85(63)101)65-29-12-18-37-73(65)97(75)55-20-3-1-4-21-55)83(88(92,93)94)80(47-54)102-72-36-17-10-27-61(72)64-40-43-76-82(86(64)102)66-31-19-30-57(84(66)98(76)56-22-5-2-6-23-56)51-38-41-74-67(45-51)62-28-11-15-34-70(62)100(74)78-48-77(52(49-95)44-53(78)50-96)99-68-32-13-7-24-58(68)59-25-8-14-33-69(59)99/h1-48H. The molecule has 0 unspecified atom stereocenters. The quantitative estimate of drug-likeness (QED) is 0.149. The number of benzene rings is 14. The first-order chi connectivity index (χ1) is 49.9. The lowest BCUT2D eigenvalue weighted by Gasteiger charge is -2.24. The first-order valence-corrected chi connectivity index (χ1v) is 33.3. The van der Waals surface area contributed by atoms with Crippen LogP contribution in [-0.4, -0.2) is 27.4 Å². The zero-order chi connectivity index (χ0) is 68.6. The number of nitriles is 2. The fourth-order valence-corrected chi connectivity index (χ4v) is 16.7. The summed E-state index contributed by atoms with van der Waals surface area (Å²) in [6.45, 7) is 0. The summed E-state index contributed by atoms with van der Waals surface area (Å²) in [6.07, 6.45) is -10.4. The van der Waals surface area contributed by atoms with Crippen molar-refractivity contribution in [2.45, 2.75) is 12.4 Å². The zero-order valence-electron chi connectivity index (χ0n) is 53.6. The van der Waals surface area contributed by atoms with Gasteiger partial charge in [-0.1, -0.05) is 182 Å². The Bertz CT molecular complexity index is 7070. The second-order valence-electron chi connectivity index (χ2n) is 25.9. The second-order valence-corrected chi connectivity index (χ2v) is 25.9. The number of hydrogen-bond acceptors (Lipinski definition) is 2. The minimum Gasteiger partial charge on any atom is -0.309 e. The van der Waals surface area contributed by atoms with Crippen molar-refractivity contribution in [1.29, 1.82) is 10.5 Å². The number of rotatable bonds is 7. The van der Waals surface area contributed by atoms with Crippen molar-refractivity contribution >= 4 is 131 Å². The highest BCUT2D eigenvalue weighted by Gasteiger charge is 2.43. The topological polar surface area (TPSA) is 77.2 Å². The molecule has 14 heteroatoms. The minimum absolute atomic E-state index is 0.272. The van der Waals surface area contributed by atoms with Gasteiger partial charge in [-0.3, -0.25) is 0 Å². The fraction of sp³-hybridized carbons (Fsp3) is 0.0227. The highest BCUT2D eigenvalue weighted by Crippen LogP contribution is 2.52. The molecule has 102 heavy (non-hydrogen) atoms. The van der Waals surface area contributed by atoms with Crippen molar-refractivity contribution < 1.29 is 26.3 Å². The molecule has 6 heterocycles. The highest BCUT2D eigenvalue weighted by molar-refractivity contribution is 6.29. The predicted molar refractivity (Wildman–Crippen MR) is 397 cm³/mol. The van der Waals surface area contributed by atoms with Crippen LogP contribution in [0.25, 0.3) is 176 Å². The maximum absolute atomic E-state index is 17.6. The summed E-state index contributed by atoms with van der Waals surface area (Å²) < 4.78 is 113. The molecular weight excluding hydrogens is 1280 g/mol. The van der Waals surface area contributed by atoms with Crippen LogP contribution in [0, 0.1) is 22.7 Å². The molecule has 20 rings (SSSR count). The molecule has 6 aromatic heterocycles. The van der Waals surface area contributed by atoms with Crippen LogP contribution < -0.4 is 0 Å². The maximum Gasteiger partial charge on any atom is 0.420 e. The van der Waals surface area contributed by atoms with E-state index < -0.39 is 34.9 Å². The summed E-state index contributed by atoms with van der Waals surface area (Å²) in [6, 6.07) is 94.4. The van der Waals surface area contributed by atoms with Crippen LogP contribution in [0.5, 0.6) is 0 Å².